The summed E-state index contributed by atoms with van der Waals surface area (Å²) in [6.45, 7) is 0.808. The van der Waals surface area contributed by atoms with Crippen LogP contribution in [0.4, 0.5) is 0 Å². The van der Waals surface area contributed by atoms with Gasteiger partial charge in [0.15, 0.2) is 0 Å². The maximum Gasteiger partial charge on any atom is 0.128 e. The van der Waals surface area contributed by atoms with Gasteiger partial charge < -0.3 is 9.47 Å². The Bertz CT molecular complexity index is 62.7. The van der Waals surface area contributed by atoms with Crippen LogP contribution in [0, 0.1) is 0 Å². The van der Waals surface area contributed by atoms with E-state index in [0.717, 1.165) is 6.61 Å². The first kappa shape index (κ1) is 5.41. The van der Waals surface area contributed by atoms with Gasteiger partial charge in [-0.05, 0) is 0 Å². The molecule has 1 fully saturated rings. The van der Waals surface area contributed by atoms with E-state index in [4.69, 9.17) is 9.47 Å². The summed E-state index contributed by atoms with van der Waals surface area (Å²) in [7, 11) is 1.62. The van der Waals surface area contributed by atoms with Gasteiger partial charge in [0, 0.05) is 7.11 Å². The predicted molar refractivity (Wildman–Crippen MR) is 29.5 cm³/mol. The standard InChI is InChI=1S/C4H8O2S/c1-5-4(7)3-2-6-3/h3-4,7H,2H2,1H3. The number of ether oxygens (including phenoxy) is 2. The summed E-state index contributed by atoms with van der Waals surface area (Å²) in [6, 6.07) is 0. The summed E-state index contributed by atoms with van der Waals surface area (Å²) in [6.07, 6.45) is 0.258. The van der Waals surface area contributed by atoms with Gasteiger partial charge in [-0.15, -0.1) is 12.6 Å². The van der Waals surface area contributed by atoms with Gasteiger partial charge in [0.2, 0.25) is 0 Å². The molecule has 3 heteroatoms. The highest BCUT2D eigenvalue weighted by Gasteiger charge is 2.29. The van der Waals surface area contributed by atoms with Crippen LogP contribution < -0.4 is 0 Å². The van der Waals surface area contributed by atoms with Crippen LogP contribution >= 0.6 is 12.6 Å². The van der Waals surface area contributed by atoms with Gasteiger partial charge in [0.1, 0.15) is 11.5 Å². The van der Waals surface area contributed by atoms with Crippen molar-refractivity contribution < 1.29 is 9.47 Å². The second-order valence-corrected chi connectivity index (χ2v) is 2.01. The first-order valence-electron chi connectivity index (χ1n) is 2.17. The maximum atomic E-state index is 4.86. The molecule has 1 aliphatic heterocycles. The van der Waals surface area contributed by atoms with Crippen LogP contribution in [0.1, 0.15) is 0 Å². The average Bonchev–Trinajstić information content (AvgIpc) is 2.44. The van der Waals surface area contributed by atoms with Crippen LogP contribution in [-0.2, 0) is 9.47 Å². The number of hydrogen-bond acceptors (Lipinski definition) is 3. The molecule has 0 bridgehead atoms. The average molecular weight is 120 g/mol. The molecule has 1 aliphatic rings. The first-order valence-corrected chi connectivity index (χ1v) is 2.68. The number of epoxide rings is 1. The van der Waals surface area contributed by atoms with Crippen molar-refractivity contribution in [2.45, 2.75) is 11.5 Å². The van der Waals surface area contributed by atoms with Gasteiger partial charge in [0.25, 0.3) is 0 Å². The molecule has 2 atom stereocenters. The zero-order valence-corrected chi connectivity index (χ0v) is 5.02. The Balaban J connectivity index is 2.10. The minimum absolute atomic E-state index is 0.0139. The monoisotopic (exact) mass is 120 g/mol. The Hall–Kier alpha value is 0.270. The van der Waals surface area contributed by atoms with Crippen molar-refractivity contribution >= 4 is 12.6 Å². The van der Waals surface area contributed by atoms with Gasteiger partial charge in [-0.1, -0.05) is 0 Å². The van der Waals surface area contributed by atoms with E-state index in [2.05, 4.69) is 12.6 Å². The molecule has 0 saturated carbocycles. The summed E-state index contributed by atoms with van der Waals surface area (Å²) in [5.74, 6) is 0. The summed E-state index contributed by atoms with van der Waals surface area (Å²) in [5.41, 5.74) is -0.0139. The van der Waals surface area contributed by atoms with Crippen molar-refractivity contribution in [3.8, 4) is 0 Å². The largest absolute Gasteiger partial charge is 0.369 e. The highest BCUT2D eigenvalue weighted by atomic mass is 32.1. The lowest BCUT2D eigenvalue weighted by Gasteiger charge is -2.00. The van der Waals surface area contributed by atoms with Crippen LogP contribution in [-0.4, -0.2) is 25.3 Å². The van der Waals surface area contributed by atoms with E-state index in [1.807, 2.05) is 0 Å². The van der Waals surface area contributed by atoms with E-state index in [1.54, 1.807) is 7.11 Å². The molecule has 1 rings (SSSR count). The van der Waals surface area contributed by atoms with E-state index >= 15 is 0 Å². The normalized spacial score (nSPS) is 32.6. The Morgan fingerprint density at radius 3 is 2.71 bits per heavy atom. The lowest BCUT2D eigenvalue weighted by atomic mass is 10.5. The first-order chi connectivity index (χ1) is 3.34. The fourth-order valence-electron chi connectivity index (χ4n) is 0.372. The number of methoxy groups -OCH3 is 1. The summed E-state index contributed by atoms with van der Waals surface area (Å²) < 4.78 is 9.67. The molecule has 42 valence electrons. The minimum atomic E-state index is -0.0139. The molecule has 0 aromatic heterocycles. The van der Waals surface area contributed by atoms with E-state index in [9.17, 15) is 0 Å². The van der Waals surface area contributed by atoms with Crippen molar-refractivity contribution in [3.63, 3.8) is 0 Å². The van der Waals surface area contributed by atoms with Crippen LogP contribution in [0.5, 0.6) is 0 Å². The summed E-state index contributed by atoms with van der Waals surface area (Å²) in [4.78, 5) is 0. The fraction of sp³-hybridized carbons (Fsp3) is 1.00. The molecule has 2 unspecified atom stereocenters. The number of thiol groups is 1. The Labute approximate surface area is 48.2 Å². The highest BCUT2D eigenvalue weighted by Crippen LogP contribution is 2.18. The second-order valence-electron chi connectivity index (χ2n) is 1.50. The third-order valence-electron chi connectivity index (χ3n) is 0.919. The quantitative estimate of drug-likeness (QED) is 0.321. The third kappa shape index (κ3) is 1.33. The van der Waals surface area contributed by atoms with Crippen LogP contribution in [0.25, 0.3) is 0 Å². The van der Waals surface area contributed by atoms with Crippen molar-refractivity contribution in [2.75, 3.05) is 13.7 Å². The topological polar surface area (TPSA) is 21.8 Å². The molecule has 7 heavy (non-hydrogen) atoms. The van der Waals surface area contributed by atoms with E-state index in [1.165, 1.54) is 0 Å². The smallest absolute Gasteiger partial charge is 0.128 e. The van der Waals surface area contributed by atoms with Crippen molar-refractivity contribution in [1.29, 1.82) is 0 Å². The maximum absolute atomic E-state index is 4.86. The second kappa shape index (κ2) is 2.03. The van der Waals surface area contributed by atoms with Crippen LogP contribution in [0.3, 0.4) is 0 Å². The van der Waals surface area contributed by atoms with Gasteiger partial charge in [-0.2, -0.15) is 0 Å². The summed E-state index contributed by atoms with van der Waals surface area (Å²) >= 11 is 4.04. The molecule has 1 saturated heterocycles. The lowest BCUT2D eigenvalue weighted by Crippen LogP contribution is -2.08. The van der Waals surface area contributed by atoms with Gasteiger partial charge in [-0.3, -0.25) is 0 Å². The third-order valence-corrected chi connectivity index (χ3v) is 1.46. The molecule has 0 N–H and O–H groups in total. The van der Waals surface area contributed by atoms with Gasteiger partial charge in [-0.25, -0.2) is 0 Å². The van der Waals surface area contributed by atoms with Crippen molar-refractivity contribution in [1.82, 2.24) is 0 Å². The molecule has 0 aromatic carbocycles. The molecule has 0 aliphatic carbocycles. The predicted octanol–water partition coefficient (Wildman–Crippen LogP) is 0.288. The SMILES string of the molecule is COC(S)C1CO1. The van der Waals surface area contributed by atoms with Crippen LogP contribution in [0.2, 0.25) is 0 Å². The zero-order valence-electron chi connectivity index (χ0n) is 4.13. The number of hydrogen-bond donors (Lipinski definition) is 1. The van der Waals surface area contributed by atoms with Crippen molar-refractivity contribution in [2.24, 2.45) is 0 Å². The fourth-order valence-corrected chi connectivity index (χ4v) is 0.544. The van der Waals surface area contributed by atoms with Gasteiger partial charge >= 0.3 is 0 Å². The minimum Gasteiger partial charge on any atom is -0.369 e. The van der Waals surface area contributed by atoms with Crippen molar-refractivity contribution in [3.05, 3.63) is 0 Å². The Morgan fingerprint density at radius 1 is 2.00 bits per heavy atom. The number of rotatable bonds is 2. The van der Waals surface area contributed by atoms with E-state index in [-0.39, 0.29) is 11.5 Å². The molecular weight excluding hydrogens is 112 g/mol. The molecule has 1 heterocycles. The van der Waals surface area contributed by atoms with Crippen LogP contribution in [0.15, 0.2) is 0 Å². The zero-order chi connectivity index (χ0) is 5.28. The Morgan fingerprint density at radius 2 is 2.57 bits per heavy atom. The summed E-state index contributed by atoms with van der Waals surface area (Å²) in [5, 5.41) is 0. The van der Waals surface area contributed by atoms with Gasteiger partial charge in [0.05, 0.1) is 6.61 Å². The molecular formula is C4H8O2S. The van der Waals surface area contributed by atoms with E-state index < -0.39 is 0 Å². The van der Waals surface area contributed by atoms with E-state index in [0.29, 0.717) is 0 Å². The molecule has 0 radical (unpaired) electrons. The lowest BCUT2D eigenvalue weighted by molar-refractivity contribution is 0.145. The molecule has 0 amide bonds. The molecule has 0 spiro atoms. The molecule has 0 aromatic rings. The highest BCUT2D eigenvalue weighted by molar-refractivity contribution is 7.80. The molecule has 2 nitrogen and oxygen atoms in total. The Kier molecular flexibility index (Phi) is 1.57.